The number of esters is 1. The lowest BCUT2D eigenvalue weighted by Crippen LogP contribution is -2.61. The van der Waals surface area contributed by atoms with Gasteiger partial charge >= 0.3 is 5.97 Å². The molecule has 1 amide bonds. The van der Waals surface area contributed by atoms with Gasteiger partial charge in [-0.3, -0.25) is 9.59 Å². The Labute approximate surface area is 555 Å². The zero-order chi connectivity index (χ0) is 66.0. The maximum Gasteiger partial charge on any atom is 0.306 e. The van der Waals surface area contributed by atoms with Crippen molar-refractivity contribution in [3.8, 4) is 0 Å². The summed E-state index contributed by atoms with van der Waals surface area (Å²) in [5.41, 5.74) is 0. The van der Waals surface area contributed by atoms with Gasteiger partial charge in [-0.1, -0.05) is 301 Å². The molecular weight excluding hydrogens is 1130 g/mol. The van der Waals surface area contributed by atoms with Gasteiger partial charge in [0.2, 0.25) is 5.91 Å². The molecule has 1 aliphatic heterocycles. The predicted octanol–water partition coefficient (Wildman–Crippen LogP) is 19.3. The molecule has 1 rings (SSSR count). The average Bonchev–Trinajstić information content (AvgIpc) is 1.01. The zero-order valence-corrected chi connectivity index (χ0v) is 57.7. The molecule has 91 heavy (non-hydrogen) atoms. The van der Waals surface area contributed by atoms with E-state index in [0.29, 0.717) is 12.8 Å². The summed E-state index contributed by atoms with van der Waals surface area (Å²) in [6.45, 7) is 5.56. The summed E-state index contributed by atoms with van der Waals surface area (Å²) in [7, 11) is 0. The number of aliphatic hydroxyl groups is 5. The van der Waals surface area contributed by atoms with Crippen LogP contribution in [0.4, 0.5) is 0 Å². The van der Waals surface area contributed by atoms with Crippen molar-refractivity contribution >= 4 is 11.9 Å². The molecule has 518 valence electrons. The first kappa shape index (κ1) is 84.6. The van der Waals surface area contributed by atoms with E-state index in [0.717, 1.165) is 148 Å². The van der Waals surface area contributed by atoms with Gasteiger partial charge in [0.25, 0.3) is 0 Å². The van der Waals surface area contributed by atoms with E-state index in [-0.39, 0.29) is 19.4 Å². The number of unbranched alkanes of at least 4 members (excludes halogenated alkanes) is 25. The van der Waals surface area contributed by atoms with E-state index in [1.165, 1.54) is 89.9 Å². The largest absolute Gasteiger partial charge is 0.454 e. The average molecular weight is 1270 g/mol. The minimum Gasteiger partial charge on any atom is -0.454 e. The molecule has 0 spiro atoms. The highest BCUT2D eigenvalue weighted by atomic mass is 16.7. The molecule has 1 heterocycles. The van der Waals surface area contributed by atoms with Gasteiger partial charge in [0.1, 0.15) is 24.4 Å². The van der Waals surface area contributed by atoms with E-state index < -0.39 is 67.4 Å². The zero-order valence-electron chi connectivity index (χ0n) is 57.7. The number of ether oxygens (including phenoxy) is 3. The Kier molecular flexibility index (Phi) is 60.9. The number of aliphatic hydroxyl groups excluding tert-OH is 5. The van der Waals surface area contributed by atoms with Crippen molar-refractivity contribution < 1.29 is 49.3 Å². The van der Waals surface area contributed by atoms with Crippen LogP contribution in [0.15, 0.2) is 146 Å². The topological polar surface area (TPSA) is 175 Å². The Morgan fingerprint density at radius 1 is 0.440 bits per heavy atom. The third-order valence-corrected chi connectivity index (χ3v) is 16.2. The monoisotopic (exact) mass is 1270 g/mol. The summed E-state index contributed by atoms with van der Waals surface area (Å²) in [6, 6.07) is -1.04. The van der Waals surface area contributed by atoms with Crippen LogP contribution < -0.4 is 5.32 Å². The second kappa shape index (κ2) is 65.6. The van der Waals surface area contributed by atoms with Gasteiger partial charge in [-0.05, 0) is 122 Å². The molecule has 8 unspecified atom stereocenters. The van der Waals surface area contributed by atoms with Crippen molar-refractivity contribution in [3.05, 3.63) is 146 Å². The molecule has 0 aromatic heterocycles. The van der Waals surface area contributed by atoms with Gasteiger partial charge in [0, 0.05) is 6.42 Å². The van der Waals surface area contributed by atoms with Gasteiger partial charge in [0.05, 0.1) is 25.4 Å². The molecule has 11 nitrogen and oxygen atoms in total. The Morgan fingerprint density at radius 3 is 1.19 bits per heavy atom. The number of hydrogen-bond donors (Lipinski definition) is 6. The number of rotatable bonds is 61. The van der Waals surface area contributed by atoms with E-state index in [2.05, 4.69) is 160 Å². The summed E-state index contributed by atoms with van der Waals surface area (Å²) in [4.78, 5) is 26.7. The lowest BCUT2D eigenvalue weighted by Gasteiger charge is -2.41. The predicted molar refractivity (Wildman–Crippen MR) is 384 cm³/mol. The van der Waals surface area contributed by atoms with Crippen molar-refractivity contribution in [1.29, 1.82) is 0 Å². The summed E-state index contributed by atoms with van der Waals surface area (Å²) < 4.78 is 17.7. The summed E-state index contributed by atoms with van der Waals surface area (Å²) >= 11 is 0. The quantitative estimate of drug-likeness (QED) is 0.0195. The molecule has 0 aliphatic carbocycles. The van der Waals surface area contributed by atoms with Crippen LogP contribution in [0.1, 0.15) is 284 Å². The number of hydrogen-bond acceptors (Lipinski definition) is 10. The van der Waals surface area contributed by atoms with E-state index >= 15 is 0 Å². The van der Waals surface area contributed by atoms with Gasteiger partial charge in [-0.2, -0.15) is 0 Å². The molecule has 0 aromatic carbocycles. The second-order valence-electron chi connectivity index (χ2n) is 24.6. The van der Waals surface area contributed by atoms with Crippen LogP contribution in [0.25, 0.3) is 0 Å². The maximum atomic E-state index is 13.5. The van der Waals surface area contributed by atoms with Crippen molar-refractivity contribution in [2.45, 2.75) is 333 Å². The SMILES string of the molecule is CC/C=C\C/C=C\C/C=C\C/C=C\C/C=C\C/C=C\CCCCCCC(=O)OC1C(OCC(NC(=O)C(O)CCCCCCCCCCCC/C=C\C/C=C\C/C=C\C/C=C\C/C=C\CC)C(O)/C=C/CCCCCCCCCCCCC)OC(CO)C(O)C1O. The van der Waals surface area contributed by atoms with Gasteiger partial charge in [-0.15, -0.1) is 0 Å². The first-order valence-electron chi connectivity index (χ1n) is 36.6. The number of carbonyl (C=O) groups is 2. The lowest BCUT2D eigenvalue weighted by atomic mass is 9.99. The fourth-order valence-corrected chi connectivity index (χ4v) is 10.6. The highest BCUT2D eigenvalue weighted by Crippen LogP contribution is 2.26. The van der Waals surface area contributed by atoms with Crippen LogP contribution in [0, 0.1) is 0 Å². The minimum absolute atomic E-state index is 0.0858. The van der Waals surface area contributed by atoms with Crippen LogP contribution >= 0.6 is 0 Å². The standard InChI is InChI=1S/C80H133NO10/c1-4-7-10-13-16-19-22-25-27-29-31-33-35-36-37-39-40-42-44-46-49-52-55-58-61-64-67-73(84)79(88)81-71(72(83)66-63-60-57-54-51-48-24-21-18-15-12-9-6-3)70-89-80-78(77(87)76(86)74(69-82)90-80)91-75(85)68-65-62-59-56-53-50-47-45-43-41-38-34-32-30-28-26-23-20-17-14-11-8-5-2/h7-8,10-11,16-17,19-20,25-28,31-34,36-37,41,43,47,50,63,66,71-74,76-78,80,82-84,86-87H,4-6,9,12-15,18,21-24,29-30,35,38-40,42,44-46,48-49,51-62,64-65,67-70H2,1-3H3,(H,81,88)/b10-7-,11-8-,19-16-,20-17-,27-25-,28-26-,33-31-,34-32-,37-36-,43-41-,50-47-,66-63+. The highest BCUT2D eigenvalue weighted by Gasteiger charge is 2.47. The minimum atomic E-state index is -1.64. The van der Waals surface area contributed by atoms with Crippen LogP contribution in [0.5, 0.6) is 0 Å². The smallest absolute Gasteiger partial charge is 0.306 e. The van der Waals surface area contributed by atoms with Crippen LogP contribution in [-0.2, 0) is 23.8 Å². The molecule has 6 N–H and O–H groups in total. The fraction of sp³-hybridized carbons (Fsp3) is 0.675. The van der Waals surface area contributed by atoms with E-state index in [1.54, 1.807) is 6.08 Å². The van der Waals surface area contributed by atoms with Crippen LogP contribution in [0.3, 0.4) is 0 Å². The number of nitrogens with one attached hydrogen (secondary N) is 1. The third-order valence-electron chi connectivity index (χ3n) is 16.2. The Morgan fingerprint density at radius 2 is 0.791 bits per heavy atom. The first-order chi connectivity index (χ1) is 44.7. The normalized spacial score (nSPS) is 18.9. The fourth-order valence-electron chi connectivity index (χ4n) is 10.6. The van der Waals surface area contributed by atoms with Crippen molar-refractivity contribution in [2.24, 2.45) is 0 Å². The molecular formula is C80H133NO10. The van der Waals surface area contributed by atoms with E-state index in [1.807, 2.05) is 6.08 Å². The van der Waals surface area contributed by atoms with Crippen molar-refractivity contribution in [1.82, 2.24) is 5.32 Å². The molecule has 1 fully saturated rings. The molecule has 0 saturated carbocycles. The first-order valence-corrected chi connectivity index (χ1v) is 36.6. The van der Waals surface area contributed by atoms with Gasteiger partial charge < -0.3 is 45.1 Å². The Bertz CT molecular complexity index is 2040. The van der Waals surface area contributed by atoms with Gasteiger partial charge in [0.15, 0.2) is 12.4 Å². The number of allylic oxidation sites excluding steroid dienone is 23. The lowest BCUT2D eigenvalue weighted by molar-refractivity contribution is -0.305. The number of amides is 1. The molecule has 0 aromatic rings. The van der Waals surface area contributed by atoms with E-state index in [4.69, 9.17) is 14.2 Å². The Balaban J connectivity index is 2.61. The van der Waals surface area contributed by atoms with Crippen molar-refractivity contribution in [3.63, 3.8) is 0 Å². The number of carbonyl (C=O) groups excluding carboxylic acids is 2. The summed E-state index contributed by atoms with van der Waals surface area (Å²) in [5.74, 6) is -1.23. The maximum absolute atomic E-state index is 13.5. The van der Waals surface area contributed by atoms with Crippen LogP contribution in [0.2, 0.25) is 0 Å². The van der Waals surface area contributed by atoms with Crippen LogP contribution in [-0.4, -0.2) is 99.6 Å². The molecule has 1 saturated heterocycles. The molecule has 8 atom stereocenters. The Hall–Kier alpha value is -4.46. The molecule has 1 aliphatic rings. The molecule has 0 bridgehead atoms. The highest BCUT2D eigenvalue weighted by molar-refractivity contribution is 5.80. The molecule has 11 heteroatoms. The second-order valence-corrected chi connectivity index (χ2v) is 24.6. The van der Waals surface area contributed by atoms with Gasteiger partial charge in [-0.25, -0.2) is 0 Å². The third kappa shape index (κ3) is 52.6. The summed E-state index contributed by atoms with van der Waals surface area (Å²) in [6.07, 6.45) is 84.5. The van der Waals surface area contributed by atoms with E-state index in [9.17, 15) is 35.1 Å². The van der Waals surface area contributed by atoms with Crippen molar-refractivity contribution in [2.75, 3.05) is 13.2 Å². The molecule has 0 radical (unpaired) electrons. The summed E-state index contributed by atoms with van der Waals surface area (Å²) in [5, 5.41) is 57.3.